The number of carbonyl (C=O) groups is 2. The molecule has 5 nitrogen and oxygen atoms in total. The van der Waals surface area contributed by atoms with Crippen molar-refractivity contribution < 1.29 is 9.59 Å². The second-order valence-electron chi connectivity index (χ2n) is 3.90. The zero-order valence-corrected chi connectivity index (χ0v) is 11.7. The number of alkyl halides is 1. The number of nitrogens with one attached hydrogen (secondary N) is 2. The molecule has 0 aliphatic rings. The highest BCUT2D eigenvalue weighted by Gasteiger charge is 2.09. The number of rotatable bonds is 6. The van der Waals surface area contributed by atoms with E-state index in [9.17, 15) is 9.59 Å². The van der Waals surface area contributed by atoms with Crippen molar-refractivity contribution in [1.29, 1.82) is 5.26 Å². The van der Waals surface area contributed by atoms with Crippen LogP contribution in [0.5, 0.6) is 0 Å². The van der Waals surface area contributed by atoms with Crippen molar-refractivity contribution in [3.8, 4) is 6.07 Å². The van der Waals surface area contributed by atoms with E-state index in [0.717, 1.165) is 0 Å². The van der Waals surface area contributed by atoms with Crippen LogP contribution in [0.3, 0.4) is 0 Å². The van der Waals surface area contributed by atoms with E-state index in [4.69, 9.17) is 16.9 Å². The predicted octanol–water partition coefficient (Wildman–Crippen LogP) is 2.06. The molecule has 0 fully saturated rings. The second-order valence-corrected chi connectivity index (χ2v) is 4.28. The lowest BCUT2D eigenvalue weighted by Gasteiger charge is -2.05. The van der Waals surface area contributed by atoms with Crippen LogP contribution >= 0.6 is 11.6 Å². The predicted molar refractivity (Wildman–Crippen MR) is 77.5 cm³/mol. The summed E-state index contributed by atoms with van der Waals surface area (Å²) >= 11 is 5.48. The number of hydrogen-bond acceptors (Lipinski definition) is 4. The standard InChI is InChI=1S/C14H14ClN3O2/c1-10(19)11-2-4-13(5-3-11)18-14(20)12(8-16)9-17-7-6-15/h2-5,9,17H,6-7H2,1H3,(H,18,20)/b12-9-. The van der Waals surface area contributed by atoms with Gasteiger partial charge in [0.25, 0.3) is 5.91 Å². The summed E-state index contributed by atoms with van der Waals surface area (Å²) in [5.74, 6) is -0.195. The monoisotopic (exact) mass is 291 g/mol. The largest absolute Gasteiger partial charge is 0.388 e. The molecular formula is C14H14ClN3O2. The maximum Gasteiger partial charge on any atom is 0.267 e. The van der Waals surface area contributed by atoms with E-state index in [2.05, 4.69) is 10.6 Å². The van der Waals surface area contributed by atoms with Gasteiger partial charge in [0, 0.05) is 29.9 Å². The molecule has 0 heterocycles. The zero-order valence-electron chi connectivity index (χ0n) is 10.9. The van der Waals surface area contributed by atoms with Crippen molar-refractivity contribution in [2.75, 3.05) is 17.7 Å². The molecule has 2 N–H and O–H groups in total. The smallest absolute Gasteiger partial charge is 0.267 e. The first kappa shape index (κ1) is 15.7. The number of ketones is 1. The number of benzene rings is 1. The summed E-state index contributed by atoms with van der Waals surface area (Å²) in [6.45, 7) is 1.93. The van der Waals surface area contributed by atoms with E-state index in [1.165, 1.54) is 13.1 Å². The number of nitrogens with zero attached hydrogens (tertiary/aromatic N) is 1. The van der Waals surface area contributed by atoms with Crippen molar-refractivity contribution >= 4 is 29.0 Å². The van der Waals surface area contributed by atoms with Gasteiger partial charge in [-0.2, -0.15) is 5.26 Å². The van der Waals surface area contributed by atoms with Gasteiger partial charge in [-0.05, 0) is 31.2 Å². The third-order valence-corrected chi connectivity index (χ3v) is 2.59. The van der Waals surface area contributed by atoms with Crippen LogP contribution in [0.4, 0.5) is 5.69 Å². The molecule has 6 heteroatoms. The second kappa shape index (κ2) is 7.97. The summed E-state index contributed by atoms with van der Waals surface area (Å²) in [6, 6.07) is 8.24. The van der Waals surface area contributed by atoms with Crippen molar-refractivity contribution in [2.24, 2.45) is 0 Å². The Morgan fingerprint density at radius 3 is 2.50 bits per heavy atom. The lowest BCUT2D eigenvalue weighted by Crippen LogP contribution is -2.17. The molecule has 20 heavy (non-hydrogen) atoms. The summed E-state index contributed by atoms with van der Waals surface area (Å²) in [5.41, 5.74) is 1.02. The van der Waals surface area contributed by atoms with Gasteiger partial charge >= 0.3 is 0 Å². The first-order valence-electron chi connectivity index (χ1n) is 5.90. The normalized spacial score (nSPS) is 10.6. The fraction of sp³-hybridized carbons (Fsp3) is 0.214. The highest BCUT2D eigenvalue weighted by molar-refractivity contribution is 6.18. The van der Waals surface area contributed by atoms with E-state index in [0.29, 0.717) is 23.7 Å². The van der Waals surface area contributed by atoms with Crippen LogP contribution in [0.15, 0.2) is 36.0 Å². The van der Waals surface area contributed by atoms with E-state index in [1.807, 2.05) is 0 Å². The Kier molecular flexibility index (Phi) is 6.27. The van der Waals surface area contributed by atoms with Crippen molar-refractivity contribution in [3.63, 3.8) is 0 Å². The first-order valence-corrected chi connectivity index (χ1v) is 6.44. The van der Waals surface area contributed by atoms with Gasteiger partial charge in [-0.1, -0.05) is 0 Å². The van der Waals surface area contributed by atoms with E-state index in [1.54, 1.807) is 30.3 Å². The van der Waals surface area contributed by atoms with Gasteiger partial charge in [-0.3, -0.25) is 9.59 Å². The average molecular weight is 292 g/mol. The van der Waals surface area contributed by atoms with Gasteiger partial charge in [0.2, 0.25) is 0 Å². The van der Waals surface area contributed by atoms with E-state index < -0.39 is 5.91 Å². The SMILES string of the molecule is CC(=O)c1ccc(NC(=O)/C(C#N)=C\NCCCl)cc1. The Labute approximate surface area is 122 Å². The molecule has 0 bridgehead atoms. The molecule has 0 atom stereocenters. The zero-order chi connectivity index (χ0) is 15.0. The Morgan fingerprint density at radius 1 is 1.35 bits per heavy atom. The minimum absolute atomic E-state index is 0.0502. The van der Waals surface area contributed by atoms with Crippen molar-refractivity contribution in [3.05, 3.63) is 41.6 Å². The summed E-state index contributed by atoms with van der Waals surface area (Å²) < 4.78 is 0. The van der Waals surface area contributed by atoms with Crippen LogP contribution in [0.1, 0.15) is 17.3 Å². The number of anilines is 1. The maximum absolute atomic E-state index is 11.8. The number of hydrogen-bond donors (Lipinski definition) is 2. The molecule has 0 spiro atoms. The van der Waals surface area contributed by atoms with Crippen molar-refractivity contribution in [2.45, 2.75) is 6.92 Å². The molecule has 1 aromatic rings. The number of halogens is 1. The van der Waals surface area contributed by atoms with Crippen LogP contribution in [-0.2, 0) is 4.79 Å². The van der Waals surface area contributed by atoms with Crippen LogP contribution in [0.25, 0.3) is 0 Å². The van der Waals surface area contributed by atoms with Gasteiger partial charge in [0.15, 0.2) is 5.78 Å². The van der Waals surface area contributed by atoms with Gasteiger partial charge in [-0.15, -0.1) is 11.6 Å². The molecule has 104 valence electrons. The lowest BCUT2D eigenvalue weighted by molar-refractivity contribution is -0.112. The van der Waals surface area contributed by atoms with Crippen molar-refractivity contribution in [1.82, 2.24) is 5.32 Å². The highest BCUT2D eigenvalue weighted by Crippen LogP contribution is 2.11. The lowest BCUT2D eigenvalue weighted by atomic mass is 10.1. The highest BCUT2D eigenvalue weighted by atomic mass is 35.5. The fourth-order valence-corrected chi connectivity index (χ4v) is 1.47. The van der Waals surface area contributed by atoms with Gasteiger partial charge in [0.05, 0.1) is 0 Å². The van der Waals surface area contributed by atoms with Crippen LogP contribution < -0.4 is 10.6 Å². The molecule has 0 unspecified atom stereocenters. The van der Waals surface area contributed by atoms with Gasteiger partial charge < -0.3 is 10.6 Å². The quantitative estimate of drug-likeness (QED) is 0.276. The molecular weight excluding hydrogens is 278 g/mol. The first-order chi connectivity index (χ1) is 9.58. The molecule has 1 rings (SSSR count). The minimum atomic E-state index is -0.523. The number of carbonyl (C=O) groups excluding carboxylic acids is 2. The summed E-state index contributed by atoms with van der Waals surface area (Å²) in [7, 11) is 0. The van der Waals surface area contributed by atoms with Crippen LogP contribution in [-0.4, -0.2) is 24.1 Å². The third kappa shape index (κ3) is 4.75. The van der Waals surface area contributed by atoms with Crippen LogP contribution in [0.2, 0.25) is 0 Å². The molecule has 0 aliphatic carbocycles. The number of amides is 1. The molecule has 0 radical (unpaired) electrons. The average Bonchev–Trinajstić information content (AvgIpc) is 2.44. The van der Waals surface area contributed by atoms with E-state index in [-0.39, 0.29) is 11.4 Å². The van der Waals surface area contributed by atoms with Crippen LogP contribution in [0, 0.1) is 11.3 Å². The molecule has 0 saturated carbocycles. The maximum atomic E-state index is 11.8. The number of nitriles is 1. The molecule has 0 saturated heterocycles. The minimum Gasteiger partial charge on any atom is -0.388 e. The third-order valence-electron chi connectivity index (χ3n) is 2.40. The molecule has 1 amide bonds. The summed E-state index contributed by atoms with van der Waals surface area (Å²) in [6.07, 6.45) is 1.32. The fourth-order valence-electron chi connectivity index (χ4n) is 1.36. The summed E-state index contributed by atoms with van der Waals surface area (Å²) in [5, 5.41) is 14.2. The number of Topliss-reactive ketones (excluding diaryl/α,β-unsaturated/α-hetero) is 1. The Hall–Kier alpha value is -2.32. The Balaban J connectivity index is 2.71. The Morgan fingerprint density at radius 2 is 2.00 bits per heavy atom. The Bertz CT molecular complexity index is 559. The van der Waals surface area contributed by atoms with Gasteiger partial charge in [-0.25, -0.2) is 0 Å². The van der Waals surface area contributed by atoms with E-state index >= 15 is 0 Å². The topological polar surface area (TPSA) is 82.0 Å². The molecule has 1 aromatic carbocycles. The summed E-state index contributed by atoms with van der Waals surface area (Å²) in [4.78, 5) is 22.9. The molecule has 0 aromatic heterocycles. The van der Waals surface area contributed by atoms with Gasteiger partial charge in [0.1, 0.15) is 11.6 Å². The molecule has 0 aliphatic heterocycles.